The zero-order valence-corrected chi connectivity index (χ0v) is 14.4. The Kier molecular flexibility index (Phi) is 4.75. The van der Waals surface area contributed by atoms with Gasteiger partial charge in [0.1, 0.15) is 0 Å². The molecule has 24 heavy (non-hydrogen) atoms. The SMILES string of the molecule is CCNc1ncc(C(=O)N2CCc3sc(C(=O)NC)cc3C2)cn1. The van der Waals surface area contributed by atoms with Gasteiger partial charge in [-0.1, -0.05) is 0 Å². The molecule has 3 rings (SSSR count). The second-order valence-electron chi connectivity index (χ2n) is 5.44. The average molecular weight is 345 g/mol. The number of carbonyl (C=O) groups is 2. The lowest BCUT2D eigenvalue weighted by molar-refractivity contribution is 0.0735. The molecule has 1 aliphatic rings. The van der Waals surface area contributed by atoms with E-state index >= 15 is 0 Å². The Hall–Kier alpha value is -2.48. The van der Waals surface area contributed by atoms with E-state index < -0.39 is 0 Å². The molecule has 0 aromatic carbocycles. The summed E-state index contributed by atoms with van der Waals surface area (Å²) in [5.41, 5.74) is 1.52. The average Bonchev–Trinajstić information content (AvgIpc) is 3.04. The van der Waals surface area contributed by atoms with Gasteiger partial charge in [0.15, 0.2) is 0 Å². The first-order valence-electron chi connectivity index (χ1n) is 7.81. The number of thiophene rings is 1. The molecule has 0 fully saturated rings. The van der Waals surface area contributed by atoms with E-state index in [0.29, 0.717) is 29.5 Å². The number of nitrogens with zero attached hydrogens (tertiary/aromatic N) is 3. The third-order valence-corrected chi connectivity index (χ3v) is 5.07. The van der Waals surface area contributed by atoms with E-state index in [4.69, 9.17) is 0 Å². The molecule has 0 bridgehead atoms. The number of hydrogen-bond acceptors (Lipinski definition) is 6. The number of rotatable bonds is 4. The van der Waals surface area contributed by atoms with Crippen molar-refractivity contribution in [1.29, 1.82) is 0 Å². The third kappa shape index (κ3) is 3.23. The monoisotopic (exact) mass is 345 g/mol. The van der Waals surface area contributed by atoms with Crippen LogP contribution in [0.2, 0.25) is 0 Å². The van der Waals surface area contributed by atoms with Crippen molar-refractivity contribution in [2.24, 2.45) is 0 Å². The molecule has 2 amide bonds. The zero-order valence-electron chi connectivity index (χ0n) is 13.6. The number of hydrogen-bond donors (Lipinski definition) is 2. The fourth-order valence-electron chi connectivity index (χ4n) is 2.61. The van der Waals surface area contributed by atoms with Crippen molar-refractivity contribution in [3.05, 3.63) is 39.3 Å². The zero-order chi connectivity index (χ0) is 17.1. The quantitative estimate of drug-likeness (QED) is 0.877. The Labute approximate surface area is 144 Å². The summed E-state index contributed by atoms with van der Waals surface area (Å²) in [4.78, 5) is 36.3. The lowest BCUT2D eigenvalue weighted by atomic mass is 10.1. The van der Waals surface area contributed by atoms with Crippen LogP contribution in [0, 0.1) is 0 Å². The van der Waals surface area contributed by atoms with Crippen LogP contribution >= 0.6 is 11.3 Å². The van der Waals surface area contributed by atoms with Gasteiger partial charge in [0.25, 0.3) is 11.8 Å². The molecule has 3 heterocycles. The summed E-state index contributed by atoms with van der Waals surface area (Å²) >= 11 is 1.50. The smallest absolute Gasteiger partial charge is 0.261 e. The molecule has 0 saturated heterocycles. The second-order valence-corrected chi connectivity index (χ2v) is 6.58. The van der Waals surface area contributed by atoms with Gasteiger partial charge in [-0.05, 0) is 25.0 Å². The van der Waals surface area contributed by atoms with Crippen LogP contribution in [0.5, 0.6) is 0 Å². The van der Waals surface area contributed by atoms with Crippen molar-refractivity contribution in [2.45, 2.75) is 19.9 Å². The maximum absolute atomic E-state index is 12.6. The minimum atomic E-state index is -0.0867. The number of aromatic nitrogens is 2. The number of anilines is 1. The fourth-order valence-corrected chi connectivity index (χ4v) is 3.72. The molecule has 0 spiro atoms. The lowest BCUT2D eigenvalue weighted by Gasteiger charge is -2.26. The summed E-state index contributed by atoms with van der Waals surface area (Å²) in [5, 5.41) is 5.64. The first-order valence-corrected chi connectivity index (χ1v) is 8.63. The third-order valence-electron chi connectivity index (χ3n) is 3.84. The van der Waals surface area contributed by atoms with Crippen LogP contribution in [0.25, 0.3) is 0 Å². The van der Waals surface area contributed by atoms with E-state index in [1.807, 2.05) is 13.0 Å². The van der Waals surface area contributed by atoms with Gasteiger partial charge >= 0.3 is 0 Å². The van der Waals surface area contributed by atoms with E-state index in [2.05, 4.69) is 20.6 Å². The van der Waals surface area contributed by atoms with Crippen LogP contribution in [0.4, 0.5) is 5.95 Å². The van der Waals surface area contributed by atoms with Crippen molar-refractivity contribution in [2.75, 3.05) is 25.5 Å². The highest BCUT2D eigenvalue weighted by Crippen LogP contribution is 2.28. The maximum atomic E-state index is 12.6. The second kappa shape index (κ2) is 6.96. The van der Waals surface area contributed by atoms with Gasteiger partial charge in [0.05, 0.1) is 10.4 Å². The minimum Gasteiger partial charge on any atom is -0.355 e. The standard InChI is InChI=1S/C16H19N5O2S/c1-3-18-16-19-7-11(8-20-16)15(23)21-5-4-12-10(9-21)6-13(24-12)14(22)17-2/h6-8H,3-5,9H2,1-2H3,(H,17,22)(H,18,19,20). The highest BCUT2D eigenvalue weighted by molar-refractivity contribution is 7.14. The first-order chi connectivity index (χ1) is 11.6. The van der Waals surface area contributed by atoms with Crippen molar-refractivity contribution in [1.82, 2.24) is 20.2 Å². The lowest BCUT2D eigenvalue weighted by Crippen LogP contribution is -2.35. The van der Waals surface area contributed by atoms with Gasteiger partial charge < -0.3 is 15.5 Å². The summed E-state index contributed by atoms with van der Waals surface area (Å²) in [6.45, 7) is 3.83. The normalized spacial score (nSPS) is 13.3. The van der Waals surface area contributed by atoms with Crippen molar-refractivity contribution < 1.29 is 9.59 Å². The summed E-state index contributed by atoms with van der Waals surface area (Å²) < 4.78 is 0. The van der Waals surface area contributed by atoms with Crippen molar-refractivity contribution in [3.8, 4) is 0 Å². The number of carbonyl (C=O) groups excluding carboxylic acids is 2. The number of nitrogens with one attached hydrogen (secondary N) is 2. The highest BCUT2D eigenvalue weighted by atomic mass is 32.1. The molecule has 126 valence electrons. The Morgan fingerprint density at radius 3 is 2.75 bits per heavy atom. The molecule has 0 unspecified atom stereocenters. The predicted molar refractivity (Wildman–Crippen MR) is 92.3 cm³/mol. The molecule has 8 heteroatoms. The van der Waals surface area contributed by atoms with Crippen LogP contribution in [0.3, 0.4) is 0 Å². The van der Waals surface area contributed by atoms with E-state index in [9.17, 15) is 9.59 Å². The topological polar surface area (TPSA) is 87.2 Å². The summed E-state index contributed by atoms with van der Waals surface area (Å²) in [7, 11) is 1.62. The largest absolute Gasteiger partial charge is 0.355 e. The van der Waals surface area contributed by atoms with E-state index in [-0.39, 0.29) is 11.8 Å². The summed E-state index contributed by atoms with van der Waals surface area (Å²) in [5.74, 6) is 0.346. The van der Waals surface area contributed by atoms with E-state index in [1.165, 1.54) is 16.2 Å². The Morgan fingerprint density at radius 1 is 1.33 bits per heavy atom. The van der Waals surface area contributed by atoms with Crippen molar-refractivity contribution in [3.63, 3.8) is 0 Å². The van der Waals surface area contributed by atoms with Crippen LogP contribution < -0.4 is 10.6 Å². The van der Waals surface area contributed by atoms with Crippen LogP contribution in [0.15, 0.2) is 18.5 Å². The Balaban J connectivity index is 1.73. The summed E-state index contributed by atoms with van der Waals surface area (Å²) in [6.07, 6.45) is 3.86. The van der Waals surface area contributed by atoms with Crippen LogP contribution in [-0.4, -0.2) is 46.8 Å². The maximum Gasteiger partial charge on any atom is 0.261 e. The van der Waals surface area contributed by atoms with Gasteiger partial charge in [-0.25, -0.2) is 9.97 Å². The van der Waals surface area contributed by atoms with Gasteiger partial charge in [0, 0.05) is 44.0 Å². The van der Waals surface area contributed by atoms with Gasteiger partial charge in [-0.15, -0.1) is 11.3 Å². The molecule has 0 saturated carbocycles. The van der Waals surface area contributed by atoms with E-state index in [1.54, 1.807) is 24.3 Å². The molecular weight excluding hydrogens is 326 g/mol. The number of amides is 2. The molecule has 0 radical (unpaired) electrons. The molecule has 2 aromatic rings. The van der Waals surface area contributed by atoms with Gasteiger partial charge in [-0.2, -0.15) is 0 Å². The molecule has 0 atom stereocenters. The first kappa shape index (κ1) is 16.4. The van der Waals surface area contributed by atoms with Crippen molar-refractivity contribution >= 4 is 29.1 Å². The van der Waals surface area contributed by atoms with E-state index in [0.717, 1.165) is 18.5 Å². The number of fused-ring (bicyclic) bond motifs is 1. The van der Waals surface area contributed by atoms with Gasteiger partial charge in [0.2, 0.25) is 5.95 Å². The minimum absolute atomic E-state index is 0.0836. The molecule has 1 aliphatic heterocycles. The predicted octanol–water partition coefficient (Wildman–Crippen LogP) is 1.53. The molecule has 7 nitrogen and oxygen atoms in total. The Morgan fingerprint density at radius 2 is 2.08 bits per heavy atom. The summed E-state index contributed by atoms with van der Waals surface area (Å²) in [6, 6.07) is 1.88. The van der Waals surface area contributed by atoms with Crippen LogP contribution in [-0.2, 0) is 13.0 Å². The molecule has 2 aromatic heterocycles. The van der Waals surface area contributed by atoms with Gasteiger partial charge in [-0.3, -0.25) is 9.59 Å². The molecule has 0 aliphatic carbocycles. The highest BCUT2D eigenvalue weighted by Gasteiger charge is 2.25. The Bertz CT molecular complexity index is 756. The molecular formula is C16H19N5O2S. The fraction of sp³-hybridized carbons (Fsp3) is 0.375. The molecule has 2 N–H and O–H groups in total. The van der Waals surface area contributed by atoms with Crippen LogP contribution in [0.1, 0.15) is 37.4 Å².